The molecule has 0 aliphatic carbocycles. The van der Waals surface area contributed by atoms with Gasteiger partial charge in [-0.1, -0.05) is 23.2 Å². The molecule has 16 nitrogen and oxygen atoms in total. The van der Waals surface area contributed by atoms with Gasteiger partial charge in [0.25, 0.3) is 0 Å². The van der Waals surface area contributed by atoms with E-state index in [1.54, 1.807) is 0 Å². The van der Waals surface area contributed by atoms with Crippen LogP contribution in [0.25, 0.3) is 0 Å². The summed E-state index contributed by atoms with van der Waals surface area (Å²) in [5.41, 5.74) is -0.197. The SMILES string of the molecule is COC(=O)C(C(=O)OCC1COC(c2c(Cl)ncnc2C(C(=O)OC)C(=O)OC)O1)c1nc(C)nc(Cl)c1C1OCCO1. The number of carbonyl (C=O) groups is 4. The van der Waals surface area contributed by atoms with Crippen LogP contribution in [0.4, 0.5) is 0 Å². The van der Waals surface area contributed by atoms with Crippen molar-refractivity contribution in [2.75, 3.05) is 47.8 Å². The molecular formula is C25H26Cl2N4O12. The molecule has 0 amide bonds. The van der Waals surface area contributed by atoms with Gasteiger partial charge in [-0.15, -0.1) is 0 Å². The third kappa shape index (κ3) is 7.00. The van der Waals surface area contributed by atoms with E-state index in [0.29, 0.717) is 0 Å². The van der Waals surface area contributed by atoms with E-state index in [4.69, 9.17) is 61.1 Å². The van der Waals surface area contributed by atoms with Crippen LogP contribution in [0.2, 0.25) is 10.3 Å². The van der Waals surface area contributed by atoms with Crippen LogP contribution in [0.1, 0.15) is 52.8 Å². The maximum absolute atomic E-state index is 13.3. The van der Waals surface area contributed by atoms with Crippen molar-refractivity contribution in [3.8, 4) is 0 Å². The average Bonchev–Trinajstić information content (AvgIpc) is 3.68. The van der Waals surface area contributed by atoms with E-state index in [0.717, 1.165) is 27.7 Å². The minimum Gasteiger partial charge on any atom is -0.468 e. The number of methoxy groups -OCH3 is 3. The Labute approximate surface area is 254 Å². The normalized spacial score (nSPS) is 19.2. The fourth-order valence-corrected chi connectivity index (χ4v) is 4.84. The Kier molecular flexibility index (Phi) is 10.8. The molecule has 3 unspecified atom stereocenters. The van der Waals surface area contributed by atoms with Crippen LogP contribution in [-0.4, -0.2) is 97.7 Å². The van der Waals surface area contributed by atoms with Crippen molar-refractivity contribution in [3.63, 3.8) is 0 Å². The molecule has 4 rings (SSSR count). The van der Waals surface area contributed by atoms with E-state index < -0.39 is 61.0 Å². The highest BCUT2D eigenvalue weighted by atomic mass is 35.5. The molecule has 18 heteroatoms. The van der Waals surface area contributed by atoms with Gasteiger partial charge in [-0.05, 0) is 6.92 Å². The Morgan fingerprint density at radius 3 is 2.00 bits per heavy atom. The number of ether oxygens (including phenoxy) is 8. The molecule has 2 saturated heterocycles. The second-order valence-corrected chi connectivity index (χ2v) is 9.60. The van der Waals surface area contributed by atoms with Gasteiger partial charge in [-0.3, -0.25) is 19.2 Å². The molecule has 2 aliphatic heterocycles. The molecule has 2 aromatic heterocycles. The Morgan fingerprint density at radius 2 is 1.40 bits per heavy atom. The molecule has 2 aliphatic rings. The fraction of sp³-hybridized carbons (Fsp3) is 0.520. The molecular weight excluding hydrogens is 619 g/mol. The Hall–Kier alpha value is -3.54. The van der Waals surface area contributed by atoms with Gasteiger partial charge in [0.15, 0.2) is 24.4 Å². The van der Waals surface area contributed by atoms with E-state index in [2.05, 4.69) is 19.9 Å². The number of aryl methyl sites for hydroxylation is 1. The summed E-state index contributed by atoms with van der Waals surface area (Å²) in [6.07, 6.45) is -2.13. The molecule has 2 fully saturated rings. The number of esters is 4. The summed E-state index contributed by atoms with van der Waals surface area (Å²) in [5, 5.41) is -0.238. The molecule has 0 N–H and O–H groups in total. The lowest BCUT2D eigenvalue weighted by molar-refractivity contribution is -0.160. The first-order valence-corrected chi connectivity index (χ1v) is 13.3. The van der Waals surface area contributed by atoms with Crippen LogP contribution in [0.5, 0.6) is 0 Å². The highest BCUT2D eigenvalue weighted by Crippen LogP contribution is 2.37. The predicted molar refractivity (Wildman–Crippen MR) is 140 cm³/mol. The Morgan fingerprint density at radius 1 is 0.814 bits per heavy atom. The monoisotopic (exact) mass is 644 g/mol. The van der Waals surface area contributed by atoms with Crippen molar-refractivity contribution in [2.24, 2.45) is 0 Å². The molecule has 0 aromatic carbocycles. The van der Waals surface area contributed by atoms with E-state index in [-0.39, 0.29) is 58.5 Å². The Bertz CT molecular complexity index is 1370. The van der Waals surface area contributed by atoms with Gasteiger partial charge in [0, 0.05) is 0 Å². The summed E-state index contributed by atoms with van der Waals surface area (Å²) in [4.78, 5) is 67.2. The molecule has 3 atom stereocenters. The van der Waals surface area contributed by atoms with Crippen molar-refractivity contribution in [2.45, 2.75) is 37.4 Å². The van der Waals surface area contributed by atoms with E-state index in [1.165, 1.54) is 6.92 Å². The maximum atomic E-state index is 13.3. The number of halogens is 2. The fourth-order valence-electron chi connectivity index (χ4n) is 4.30. The topological polar surface area (TPSA) is 194 Å². The molecule has 232 valence electrons. The molecule has 0 bridgehead atoms. The van der Waals surface area contributed by atoms with Crippen LogP contribution in [0.3, 0.4) is 0 Å². The van der Waals surface area contributed by atoms with Crippen molar-refractivity contribution in [3.05, 3.63) is 45.0 Å². The minimum atomic E-state index is -1.67. The lowest BCUT2D eigenvalue weighted by atomic mass is 10.0. The van der Waals surface area contributed by atoms with Gasteiger partial charge in [-0.25, -0.2) is 19.9 Å². The zero-order chi connectivity index (χ0) is 31.3. The summed E-state index contributed by atoms with van der Waals surface area (Å²) in [5.74, 6) is -7.05. The number of nitrogens with zero attached hydrogens (tertiary/aromatic N) is 4. The lowest BCUT2D eigenvalue weighted by Gasteiger charge is -2.21. The molecule has 2 aromatic rings. The standard InChI is InChI=1S/C25H26Cl2N4O12/c1-10-30-17(13(19(27)31-10)24-39-5-6-40-24)15(22(34)38-4)23(35)41-7-11-8-42-25(43-11)12-16(28-9-29-18(12)26)14(20(32)36-2)21(33)37-3/h9,11,14-15,24-25H,5-8H2,1-4H3. The van der Waals surface area contributed by atoms with Crippen molar-refractivity contribution in [1.29, 1.82) is 0 Å². The summed E-state index contributed by atoms with van der Waals surface area (Å²) in [7, 11) is 3.27. The highest BCUT2D eigenvalue weighted by Gasteiger charge is 2.42. The largest absolute Gasteiger partial charge is 0.468 e. The number of carbonyl (C=O) groups excluding carboxylic acids is 4. The summed E-state index contributed by atoms with van der Waals surface area (Å²) in [6.45, 7) is 1.50. The van der Waals surface area contributed by atoms with Crippen LogP contribution in [0.15, 0.2) is 6.33 Å². The van der Waals surface area contributed by atoms with Crippen LogP contribution in [-0.2, 0) is 57.1 Å². The summed E-state index contributed by atoms with van der Waals surface area (Å²) >= 11 is 12.6. The third-order valence-corrected chi connectivity index (χ3v) is 6.84. The van der Waals surface area contributed by atoms with Crippen molar-refractivity contribution >= 4 is 47.1 Å². The summed E-state index contributed by atoms with van der Waals surface area (Å²) < 4.78 is 42.3. The molecule has 4 heterocycles. The van der Waals surface area contributed by atoms with Crippen molar-refractivity contribution in [1.82, 2.24) is 19.9 Å². The van der Waals surface area contributed by atoms with E-state index >= 15 is 0 Å². The number of hydrogen-bond donors (Lipinski definition) is 0. The second-order valence-electron chi connectivity index (χ2n) is 8.89. The van der Waals surface area contributed by atoms with Gasteiger partial charge in [0.2, 0.25) is 0 Å². The van der Waals surface area contributed by atoms with Crippen LogP contribution >= 0.6 is 23.2 Å². The van der Waals surface area contributed by atoms with Gasteiger partial charge < -0.3 is 37.9 Å². The highest BCUT2D eigenvalue weighted by molar-refractivity contribution is 6.30. The zero-order valence-electron chi connectivity index (χ0n) is 23.2. The Balaban J connectivity index is 1.54. The van der Waals surface area contributed by atoms with E-state index in [9.17, 15) is 19.2 Å². The first-order valence-electron chi connectivity index (χ1n) is 12.6. The molecule has 0 saturated carbocycles. The second kappa shape index (κ2) is 14.3. The van der Waals surface area contributed by atoms with Gasteiger partial charge in [-0.2, -0.15) is 0 Å². The lowest BCUT2D eigenvalue weighted by Crippen LogP contribution is -2.31. The van der Waals surface area contributed by atoms with Crippen LogP contribution < -0.4 is 0 Å². The van der Waals surface area contributed by atoms with Gasteiger partial charge in [0.05, 0.1) is 63.7 Å². The third-order valence-electron chi connectivity index (χ3n) is 6.25. The summed E-state index contributed by atoms with van der Waals surface area (Å²) in [6, 6.07) is 0. The first-order chi connectivity index (χ1) is 20.6. The van der Waals surface area contributed by atoms with E-state index in [1.807, 2.05) is 0 Å². The average molecular weight is 645 g/mol. The van der Waals surface area contributed by atoms with Crippen molar-refractivity contribution < 1.29 is 57.1 Å². The predicted octanol–water partition coefficient (Wildman–Crippen LogP) is 1.27. The number of hydrogen-bond acceptors (Lipinski definition) is 16. The first kappa shape index (κ1) is 32.4. The number of rotatable bonds is 10. The molecule has 0 spiro atoms. The van der Waals surface area contributed by atoms with Crippen LogP contribution in [0, 0.1) is 6.92 Å². The molecule has 43 heavy (non-hydrogen) atoms. The smallest absolute Gasteiger partial charge is 0.326 e. The van der Waals surface area contributed by atoms with Gasteiger partial charge >= 0.3 is 23.9 Å². The molecule has 0 radical (unpaired) electrons. The quantitative estimate of drug-likeness (QED) is 0.155. The minimum absolute atomic E-state index is 0.0291. The number of aromatic nitrogens is 4. The maximum Gasteiger partial charge on any atom is 0.326 e. The zero-order valence-corrected chi connectivity index (χ0v) is 24.7. The van der Waals surface area contributed by atoms with Gasteiger partial charge in [0.1, 0.15) is 35.2 Å².